The zero-order chi connectivity index (χ0) is 13.5. The molecule has 1 heterocycles. The van der Waals surface area contributed by atoms with Crippen molar-refractivity contribution < 1.29 is 18.8 Å². The molecule has 0 atom stereocenters. The van der Waals surface area contributed by atoms with Gasteiger partial charge in [0.2, 0.25) is 5.78 Å². The summed E-state index contributed by atoms with van der Waals surface area (Å²) < 4.78 is 18.4. The lowest BCUT2D eigenvalue weighted by Crippen LogP contribution is -2.31. The van der Waals surface area contributed by atoms with E-state index in [1.807, 2.05) is 0 Å². The second-order valence-corrected chi connectivity index (χ2v) is 4.49. The highest BCUT2D eigenvalue weighted by Gasteiger charge is 2.30. The van der Waals surface area contributed by atoms with E-state index in [2.05, 4.69) is 11.7 Å². The van der Waals surface area contributed by atoms with Gasteiger partial charge in [-0.05, 0) is 19.9 Å². The summed E-state index contributed by atoms with van der Waals surface area (Å²) in [6.07, 6.45) is 1.33. The van der Waals surface area contributed by atoms with Gasteiger partial charge in [-0.25, -0.2) is 4.39 Å². The molecule has 0 spiro atoms. The van der Waals surface area contributed by atoms with E-state index in [1.165, 1.54) is 26.0 Å². The van der Waals surface area contributed by atoms with Crippen LogP contribution in [0.1, 0.15) is 29.9 Å². The third-order valence-corrected chi connectivity index (χ3v) is 2.58. The minimum atomic E-state index is -1.56. The number of rotatable bonds is 3. The maximum absolute atomic E-state index is 13.5. The maximum Gasteiger partial charge on any atom is 0.216 e. The zero-order valence-electron chi connectivity index (χ0n) is 10.0. The molecule has 4 nitrogen and oxygen atoms in total. The molecule has 0 aliphatic heterocycles. The first-order valence-corrected chi connectivity index (χ1v) is 5.33. The summed E-state index contributed by atoms with van der Waals surface area (Å²) in [6.45, 7) is 6.19. The molecule has 5 heteroatoms. The van der Waals surface area contributed by atoms with Crippen molar-refractivity contribution >= 4 is 22.8 Å². The van der Waals surface area contributed by atoms with E-state index in [4.69, 9.17) is 4.52 Å². The lowest BCUT2D eigenvalue weighted by atomic mass is 9.98. The van der Waals surface area contributed by atoms with Crippen molar-refractivity contribution in [1.82, 2.24) is 5.16 Å². The van der Waals surface area contributed by atoms with E-state index in [1.54, 1.807) is 0 Å². The van der Waals surface area contributed by atoms with Crippen LogP contribution in [0.25, 0.3) is 17.0 Å². The van der Waals surface area contributed by atoms with Gasteiger partial charge >= 0.3 is 0 Å². The normalized spacial score (nSPS) is 11.8. The van der Waals surface area contributed by atoms with Crippen molar-refractivity contribution in [3.05, 3.63) is 35.8 Å². The SMILES string of the molecule is C=Cc1cc2c(C(=O)C(C)(C)O)noc2cc1F. The monoisotopic (exact) mass is 249 g/mol. The Kier molecular flexibility index (Phi) is 2.78. The van der Waals surface area contributed by atoms with Crippen LogP contribution in [0.3, 0.4) is 0 Å². The molecule has 0 amide bonds. The summed E-state index contributed by atoms with van der Waals surface area (Å²) >= 11 is 0. The lowest BCUT2D eigenvalue weighted by Gasteiger charge is -2.13. The first-order valence-electron chi connectivity index (χ1n) is 5.33. The van der Waals surface area contributed by atoms with Crippen LogP contribution in [-0.4, -0.2) is 21.6 Å². The molecule has 2 rings (SSSR count). The molecule has 0 saturated heterocycles. The summed E-state index contributed by atoms with van der Waals surface area (Å²) in [5, 5.41) is 13.6. The molecule has 18 heavy (non-hydrogen) atoms. The first kappa shape index (κ1) is 12.4. The molecule has 0 saturated carbocycles. The van der Waals surface area contributed by atoms with Gasteiger partial charge < -0.3 is 9.63 Å². The third kappa shape index (κ3) is 1.93. The number of hydrogen-bond donors (Lipinski definition) is 1. The Morgan fingerprint density at radius 2 is 2.22 bits per heavy atom. The van der Waals surface area contributed by atoms with E-state index in [0.29, 0.717) is 5.39 Å². The van der Waals surface area contributed by atoms with Crippen LogP contribution < -0.4 is 0 Å². The van der Waals surface area contributed by atoms with E-state index >= 15 is 0 Å². The van der Waals surface area contributed by atoms with Crippen molar-refractivity contribution in [3.8, 4) is 0 Å². The van der Waals surface area contributed by atoms with Gasteiger partial charge in [0.05, 0.1) is 5.39 Å². The second-order valence-electron chi connectivity index (χ2n) is 4.49. The fourth-order valence-corrected chi connectivity index (χ4v) is 1.59. The maximum atomic E-state index is 13.5. The molecule has 94 valence electrons. The molecule has 0 unspecified atom stereocenters. The number of hydrogen-bond acceptors (Lipinski definition) is 4. The van der Waals surface area contributed by atoms with Crippen molar-refractivity contribution in [2.24, 2.45) is 0 Å². The zero-order valence-corrected chi connectivity index (χ0v) is 10.0. The Hall–Kier alpha value is -2.01. The summed E-state index contributed by atoms with van der Waals surface area (Å²) in [5.41, 5.74) is -1.17. The van der Waals surface area contributed by atoms with Crippen LogP contribution in [0.15, 0.2) is 23.2 Å². The highest BCUT2D eigenvalue weighted by molar-refractivity contribution is 6.09. The van der Waals surface area contributed by atoms with Crippen LogP contribution in [0.5, 0.6) is 0 Å². The van der Waals surface area contributed by atoms with Gasteiger partial charge in [-0.2, -0.15) is 0 Å². The molecule has 0 bridgehead atoms. The van der Waals surface area contributed by atoms with Crippen LogP contribution in [0, 0.1) is 5.82 Å². The summed E-state index contributed by atoms with van der Waals surface area (Å²) in [7, 11) is 0. The molecule has 0 fully saturated rings. The molecule has 0 radical (unpaired) electrons. The first-order chi connectivity index (χ1) is 8.34. The molecule has 1 aromatic carbocycles. The van der Waals surface area contributed by atoms with Gasteiger partial charge in [0.1, 0.15) is 11.4 Å². The smallest absolute Gasteiger partial charge is 0.216 e. The fraction of sp³-hybridized carbons (Fsp3) is 0.231. The summed E-state index contributed by atoms with van der Waals surface area (Å²) in [4.78, 5) is 11.9. The number of carbonyl (C=O) groups is 1. The van der Waals surface area contributed by atoms with Crippen LogP contribution in [0.4, 0.5) is 4.39 Å². The average Bonchev–Trinajstić information content (AvgIpc) is 2.68. The van der Waals surface area contributed by atoms with Gasteiger partial charge in [-0.15, -0.1) is 0 Å². The summed E-state index contributed by atoms with van der Waals surface area (Å²) in [5.74, 6) is -1.08. The van der Waals surface area contributed by atoms with Crippen molar-refractivity contribution in [1.29, 1.82) is 0 Å². The number of aliphatic hydroxyl groups is 1. The van der Waals surface area contributed by atoms with E-state index in [0.717, 1.165) is 6.07 Å². The number of nitrogens with zero attached hydrogens (tertiary/aromatic N) is 1. The molecule has 0 aliphatic rings. The van der Waals surface area contributed by atoms with Crippen molar-refractivity contribution in [3.63, 3.8) is 0 Å². The van der Waals surface area contributed by atoms with E-state index < -0.39 is 17.2 Å². The Bertz CT molecular complexity index is 637. The summed E-state index contributed by atoms with van der Waals surface area (Å²) in [6, 6.07) is 2.56. The average molecular weight is 249 g/mol. The van der Waals surface area contributed by atoms with E-state index in [-0.39, 0.29) is 16.8 Å². The number of fused-ring (bicyclic) bond motifs is 1. The van der Waals surface area contributed by atoms with Crippen LogP contribution in [-0.2, 0) is 0 Å². The topological polar surface area (TPSA) is 63.3 Å². The molecule has 0 aliphatic carbocycles. The van der Waals surface area contributed by atoms with Gasteiger partial charge in [-0.1, -0.05) is 17.8 Å². The quantitative estimate of drug-likeness (QED) is 0.849. The highest BCUT2D eigenvalue weighted by atomic mass is 19.1. The molecule has 2 aromatic rings. The van der Waals surface area contributed by atoms with Crippen LogP contribution >= 0.6 is 0 Å². The van der Waals surface area contributed by atoms with Crippen LogP contribution in [0.2, 0.25) is 0 Å². The lowest BCUT2D eigenvalue weighted by molar-refractivity contribution is 0.0480. The van der Waals surface area contributed by atoms with Crippen molar-refractivity contribution in [2.75, 3.05) is 0 Å². The predicted molar refractivity (Wildman–Crippen MR) is 64.7 cm³/mol. The third-order valence-electron chi connectivity index (χ3n) is 2.58. The van der Waals surface area contributed by atoms with Gasteiger partial charge in [-0.3, -0.25) is 4.79 Å². The Morgan fingerprint density at radius 3 is 2.78 bits per heavy atom. The Balaban J connectivity index is 2.67. The van der Waals surface area contributed by atoms with Crippen molar-refractivity contribution in [2.45, 2.75) is 19.4 Å². The molecular formula is C13H12FNO3. The standard InChI is InChI=1S/C13H12FNO3/c1-4-7-5-8-10(6-9(7)14)18-15-11(8)12(16)13(2,3)17/h4-6,17H,1H2,2-3H3. The molecule has 1 N–H and O–H groups in total. The predicted octanol–water partition coefficient (Wildman–Crippen LogP) is 2.56. The Morgan fingerprint density at radius 1 is 1.56 bits per heavy atom. The second kappa shape index (κ2) is 4.03. The molecule has 1 aromatic heterocycles. The van der Waals surface area contributed by atoms with Gasteiger partial charge in [0.15, 0.2) is 11.3 Å². The highest BCUT2D eigenvalue weighted by Crippen LogP contribution is 2.25. The largest absolute Gasteiger partial charge is 0.382 e. The van der Waals surface area contributed by atoms with E-state index in [9.17, 15) is 14.3 Å². The number of aromatic nitrogens is 1. The fourth-order valence-electron chi connectivity index (χ4n) is 1.59. The van der Waals surface area contributed by atoms with Gasteiger partial charge in [0.25, 0.3) is 0 Å². The number of halogens is 1. The number of benzene rings is 1. The number of Topliss-reactive ketones (excluding diaryl/α,β-unsaturated/α-hetero) is 1. The Labute approximate surface area is 103 Å². The number of carbonyl (C=O) groups excluding carboxylic acids is 1. The minimum Gasteiger partial charge on any atom is -0.382 e. The van der Waals surface area contributed by atoms with Gasteiger partial charge in [0, 0.05) is 11.6 Å². The molecular weight excluding hydrogens is 237 g/mol. The number of ketones is 1. The minimum absolute atomic E-state index is 0.0133.